The summed E-state index contributed by atoms with van der Waals surface area (Å²) in [7, 11) is 0. The van der Waals surface area contributed by atoms with Crippen molar-refractivity contribution in [3.63, 3.8) is 0 Å². The molecule has 6 rings (SSSR count). The fraction of sp³-hybridized carbons (Fsp3) is 0.917. The molecule has 4 unspecified atom stereocenters. The highest BCUT2D eigenvalue weighted by molar-refractivity contribution is 5.87. The van der Waals surface area contributed by atoms with Crippen LogP contribution in [0.1, 0.15) is 149 Å². The first-order valence-corrected chi connectivity index (χ1v) is 17.6. The van der Waals surface area contributed by atoms with Crippen molar-refractivity contribution >= 4 is 5.97 Å². The van der Waals surface area contributed by atoms with E-state index in [0.717, 1.165) is 103 Å². The average molecular weight is 589 g/mol. The number of unbranched alkanes of at least 4 members (excludes halogenated alkanes) is 4. The molecule has 6 nitrogen and oxygen atoms in total. The minimum absolute atomic E-state index is 0.135. The van der Waals surface area contributed by atoms with Crippen LogP contribution in [-0.4, -0.2) is 60.4 Å². The van der Waals surface area contributed by atoms with Crippen LogP contribution in [0.3, 0.4) is 0 Å². The van der Waals surface area contributed by atoms with Gasteiger partial charge in [-0.15, -0.1) is 0 Å². The Bertz CT molecular complexity index is 868. The van der Waals surface area contributed by atoms with Crippen molar-refractivity contribution in [1.82, 2.24) is 0 Å². The highest BCUT2D eigenvalue weighted by atomic mass is 16.6. The molecule has 0 spiro atoms. The monoisotopic (exact) mass is 588 g/mol. The largest absolute Gasteiger partial charge is 0.455 e. The average Bonchev–Trinajstić information content (AvgIpc) is 2.88. The molecule has 4 bridgehead atoms. The molecule has 0 aromatic rings. The summed E-state index contributed by atoms with van der Waals surface area (Å²) in [4.78, 5) is 12.8. The number of hydrogen-bond donors (Lipinski definition) is 0. The molecule has 4 aliphatic carbocycles. The van der Waals surface area contributed by atoms with E-state index in [1.165, 1.54) is 51.4 Å². The van der Waals surface area contributed by atoms with E-state index in [-0.39, 0.29) is 28.4 Å². The molecule has 2 heterocycles. The topological polar surface area (TPSA) is 63.2 Å². The van der Waals surface area contributed by atoms with E-state index in [1.807, 2.05) is 0 Å². The van der Waals surface area contributed by atoms with Crippen LogP contribution in [0, 0.1) is 5.92 Å². The van der Waals surface area contributed by atoms with Crippen molar-refractivity contribution in [1.29, 1.82) is 0 Å². The molecular formula is C36H60O6. The summed E-state index contributed by atoms with van der Waals surface area (Å²) >= 11 is 0. The Kier molecular flexibility index (Phi) is 10.5. The summed E-state index contributed by atoms with van der Waals surface area (Å²) in [5, 5.41) is 0. The van der Waals surface area contributed by atoms with Gasteiger partial charge in [0.05, 0.1) is 35.6 Å². The summed E-state index contributed by atoms with van der Waals surface area (Å²) in [5.74, 6) is 0.207. The Morgan fingerprint density at radius 2 is 1.14 bits per heavy atom. The van der Waals surface area contributed by atoms with Gasteiger partial charge >= 0.3 is 5.97 Å². The highest BCUT2D eigenvalue weighted by Gasteiger charge is 2.66. The first-order chi connectivity index (χ1) is 20.2. The Morgan fingerprint density at radius 3 is 1.55 bits per heavy atom. The Morgan fingerprint density at radius 1 is 0.714 bits per heavy atom. The Labute approximate surface area is 256 Å². The van der Waals surface area contributed by atoms with Crippen LogP contribution in [-0.2, 0) is 28.5 Å². The van der Waals surface area contributed by atoms with Crippen molar-refractivity contribution in [2.75, 3.05) is 26.4 Å². The lowest BCUT2D eigenvalue weighted by Crippen LogP contribution is -2.68. The van der Waals surface area contributed by atoms with Crippen molar-refractivity contribution in [3.8, 4) is 0 Å². The van der Waals surface area contributed by atoms with Gasteiger partial charge in [0.25, 0.3) is 0 Å². The van der Waals surface area contributed by atoms with E-state index in [4.69, 9.17) is 23.7 Å². The molecule has 0 N–H and O–H groups in total. The third-order valence-electron chi connectivity index (χ3n) is 11.3. The van der Waals surface area contributed by atoms with Gasteiger partial charge in [-0.2, -0.15) is 0 Å². The first kappa shape index (κ1) is 32.4. The van der Waals surface area contributed by atoms with Gasteiger partial charge in [-0.25, -0.2) is 4.79 Å². The second-order valence-electron chi connectivity index (χ2n) is 15.1. The van der Waals surface area contributed by atoms with Gasteiger partial charge in [-0.1, -0.05) is 46.1 Å². The third kappa shape index (κ3) is 7.46. The molecule has 42 heavy (non-hydrogen) atoms. The fourth-order valence-electron chi connectivity index (χ4n) is 9.39. The van der Waals surface area contributed by atoms with E-state index < -0.39 is 5.60 Å². The van der Waals surface area contributed by atoms with Gasteiger partial charge in [0.2, 0.25) is 0 Å². The van der Waals surface area contributed by atoms with Crippen LogP contribution in [0.4, 0.5) is 0 Å². The summed E-state index contributed by atoms with van der Waals surface area (Å²) < 4.78 is 32.1. The summed E-state index contributed by atoms with van der Waals surface area (Å²) in [6.07, 6.45) is 22.0. The lowest BCUT2D eigenvalue weighted by molar-refractivity contribution is -0.284. The molecular weight excluding hydrogens is 528 g/mol. The Hall–Kier alpha value is -0.950. The predicted molar refractivity (Wildman–Crippen MR) is 166 cm³/mol. The second-order valence-corrected chi connectivity index (χ2v) is 15.1. The normalized spacial score (nSPS) is 38.2. The van der Waals surface area contributed by atoms with Crippen molar-refractivity contribution in [2.24, 2.45) is 5.92 Å². The maximum Gasteiger partial charge on any atom is 0.333 e. The van der Waals surface area contributed by atoms with Gasteiger partial charge in [0.15, 0.2) is 0 Å². The number of ether oxygens (including phenoxy) is 5. The predicted octanol–water partition coefficient (Wildman–Crippen LogP) is 8.39. The van der Waals surface area contributed by atoms with Crippen LogP contribution >= 0.6 is 0 Å². The minimum Gasteiger partial charge on any atom is -0.455 e. The van der Waals surface area contributed by atoms with Crippen molar-refractivity contribution in [3.05, 3.63) is 12.2 Å². The standard InChI is InChI=1S/C36H60O6/c1-5-7-13-32(17-21-40-32)15-9-11-19-38-34-23-30-24-35(26-34,28-36(25-30,27-34)42-31(37)29(3)4)39-20-12-10-16-33(14-8-6-2)18-22-41-33/h30H,3,5-28H2,1-2,4H3. The number of rotatable bonds is 20. The van der Waals surface area contributed by atoms with E-state index >= 15 is 0 Å². The third-order valence-corrected chi connectivity index (χ3v) is 11.3. The highest BCUT2D eigenvalue weighted by Crippen LogP contribution is 2.63. The van der Waals surface area contributed by atoms with Gasteiger partial charge in [0.1, 0.15) is 5.60 Å². The smallest absolute Gasteiger partial charge is 0.333 e. The molecule has 0 aromatic heterocycles. The number of hydrogen-bond acceptors (Lipinski definition) is 6. The lowest BCUT2D eigenvalue weighted by Gasteiger charge is -2.64. The van der Waals surface area contributed by atoms with Gasteiger partial charge < -0.3 is 23.7 Å². The van der Waals surface area contributed by atoms with Crippen LogP contribution < -0.4 is 0 Å². The lowest BCUT2D eigenvalue weighted by atomic mass is 9.50. The molecule has 6 aliphatic rings. The second kappa shape index (κ2) is 13.6. The van der Waals surface area contributed by atoms with E-state index in [2.05, 4.69) is 20.4 Å². The van der Waals surface area contributed by atoms with Crippen LogP contribution in [0.25, 0.3) is 0 Å². The Balaban J connectivity index is 1.16. The molecule has 4 saturated carbocycles. The quantitative estimate of drug-likeness (QED) is 0.0808. The molecule has 6 heteroatoms. The molecule has 0 radical (unpaired) electrons. The van der Waals surface area contributed by atoms with Crippen LogP contribution in [0.2, 0.25) is 0 Å². The van der Waals surface area contributed by atoms with Crippen LogP contribution in [0.15, 0.2) is 12.2 Å². The number of esters is 1. The van der Waals surface area contributed by atoms with Gasteiger partial charge in [-0.3, -0.25) is 0 Å². The zero-order chi connectivity index (χ0) is 29.7. The molecule has 4 atom stereocenters. The maximum absolute atomic E-state index is 12.8. The van der Waals surface area contributed by atoms with Gasteiger partial charge in [0, 0.05) is 38.0 Å². The van der Waals surface area contributed by atoms with Gasteiger partial charge in [-0.05, 0) is 96.3 Å². The molecule has 0 amide bonds. The summed E-state index contributed by atoms with van der Waals surface area (Å²) in [6.45, 7) is 13.5. The zero-order valence-electron chi connectivity index (χ0n) is 27.2. The zero-order valence-corrected chi connectivity index (χ0v) is 27.2. The molecule has 2 saturated heterocycles. The van der Waals surface area contributed by atoms with Crippen LogP contribution in [0.5, 0.6) is 0 Å². The molecule has 2 aliphatic heterocycles. The van der Waals surface area contributed by atoms with E-state index in [1.54, 1.807) is 6.92 Å². The van der Waals surface area contributed by atoms with Crippen molar-refractivity contribution in [2.45, 2.75) is 177 Å². The molecule has 240 valence electrons. The number of carbonyl (C=O) groups excluding carboxylic acids is 1. The van der Waals surface area contributed by atoms with E-state index in [9.17, 15) is 4.79 Å². The maximum atomic E-state index is 12.8. The van der Waals surface area contributed by atoms with Crippen molar-refractivity contribution < 1.29 is 28.5 Å². The summed E-state index contributed by atoms with van der Waals surface area (Å²) in [5.41, 5.74) is -0.271. The molecule has 0 aromatic carbocycles. The number of carbonyl (C=O) groups is 1. The minimum atomic E-state index is -0.497. The SMILES string of the molecule is C=C(C)C(=O)OC12CC3CC(OCCCCC4(CCCC)CCO4)(CC(OCCCCC4(CCCC)CCO4)(C3)C1)C2. The first-order valence-electron chi connectivity index (χ1n) is 17.6. The molecule has 6 fully saturated rings. The summed E-state index contributed by atoms with van der Waals surface area (Å²) in [6, 6.07) is 0. The van der Waals surface area contributed by atoms with E-state index in [0.29, 0.717) is 11.5 Å². The fourth-order valence-corrected chi connectivity index (χ4v) is 9.39.